The molecule has 1 aromatic rings. The van der Waals surface area contributed by atoms with Crippen LogP contribution in [0.3, 0.4) is 0 Å². The molecule has 0 bridgehead atoms. The highest BCUT2D eigenvalue weighted by molar-refractivity contribution is 9.09. The molecule has 2 N–H and O–H groups in total. The Morgan fingerprint density at radius 3 is 2.33 bits per heavy atom. The van der Waals surface area contributed by atoms with Crippen molar-refractivity contribution in [3.63, 3.8) is 0 Å². The van der Waals surface area contributed by atoms with Crippen molar-refractivity contribution in [1.29, 1.82) is 0 Å². The van der Waals surface area contributed by atoms with Gasteiger partial charge in [0.2, 0.25) is 0 Å². The molecule has 0 aliphatic heterocycles. The molecule has 0 amide bonds. The number of rotatable bonds is 5. The minimum Gasteiger partial charge on any atom is -0.494 e. The molecule has 2 atom stereocenters. The van der Waals surface area contributed by atoms with Crippen LogP contribution in [0.25, 0.3) is 0 Å². The number of ether oxygens (including phenoxy) is 1. The lowest BCUT2D eigenvalue weighted by Crippen LogP contribution is -2.19. The molecule has 0 aliphatic rings. The fraction of sp³-hybridized carbons (Fsp3) is 0.455. The molecule has 1 aromatic carbocycles. The average Bonchev–Trinajstić information content (AvgIpc) is 2.28. The third-order valence-corrected chi connectivity index (χ3v) is 2.72. The van der Waals surface area contributed by atoms with Crippen LogP contribution in [0.2, 0.25) is 0 Å². The molecule has 0 aliphatic carbocycles. The highest BCUT2D eigenvalue weighted by Crippen LogP contribution is 2.21. The number of benzene rings is 1. The van der Waals surface area contributed by atoms with Gasteiger partial charge in [-0.25, -0.2) is 0 Å². The first-order chi connectivity index (χ1) is 7.19. The Bertz CT molecular complexity index is 286. The molecule has 0 spiro atoms. The van der Waals surface area contributed by atoms with Crippen LogP contribution in [0.5, 0.6) is 5.75 Å². The number of hydrogen-bond acceptors (Lipinski definition) is 3. The summed E-state index contributed by atoms with van der Waals surface area (Å²) in [6.07, 6.45) is -1.65. The monoisotopic (exact) mass is 274 g/mol. The predicted molar refractivity (Wildman–Crippen MR) is 62.4 cm³/mol. The molecule has 0 saturated carbocycles. The molecule has 15 heavy (non-hydrogen) atoms. The van der Waals surface area contributed by atoms with Crippen LogP contribution in [-0.4, -0.2) is 28.3 Å². The van der Waals surface area contributed by atoms with E-state index < -0.39 is 12.2 Å². The molecule has 0 radical (unpaired) electrons. The van der Waals surface area contributed by atoms with E-state index in [-0.39, 0.29) is 0 Å². The summed E-state index contributed by atoms with van der Waals surface area (Å²) < 4.78 is 5.27. The molecular formula is C11H15BrO3. The zero-order chi connectivity index (χ0) is 11.3. The normalized spacial score (nSPS) is 14.7. The van der Waals surface area contributed by atoms with E-state index in [0.717, 1.165) is 5.75 Å². The van der Waals surface area contributed by atoms with E-state index in [4.69, 9.17) is 4.74 Å². The zero-order valence-electron chi connectivity index (χ0n) is 8.56. The van der Waals surface area contributed by atoms with Crippen molar-refractivity contribution in [3.8, 4) is 5.75 Å². The van der Waals surface area contributed by atoms with Crippen molar-refractivity contribution in [1.82, 2.24) is 0 Å². The van der Waals surface area contributed by atoms with Gasteiger partial charge >= 0.3 is 0 Å². The summed E-state index contributed by atoms with van der Waals surface area (Å²) in [5, 5.41) is 19.5. The Morgan fingerprint density at radius 1 is 1.27 bits per heavy atom. The van der Waals surface area contributed by atoms with Crippen LogP contribution in [0, 0.1) is 0 Å². The maximum absolute atomic E-state index is 9.69. The fourth-order valence-corrected chi connectivity index (χ4v) is 1.59. The minimum absolute atomic E-state index is 0.349. The Labute approximate surface area is 97.8 Å². The molecular weight excluding hydrogens is 260 g/mol. The van der Waals surface area contributed by atoms with E-state index in [9.17, 15) is 10.2 Å². The largest absolute Gasteiger partial charge is 0.494 e. The van der Waals surface area contributed by atoms with Gasteiger partial charge in [0, 0.05) is 5.33 Å². The second-order valence-electron chi connectivity index (χ2n) is 3.17. The Balaban J connectivity index is 2.70. The molecule has 0 saturated heterocycles. The maximum atomic E-state index is 9.69. The van der Waals surface area contributed by atoms with E-state index in [2.05, 4.69) is 15.9 Å². The average molecular weight is 275 g/mol. The summed E-state index contributed by atoms with van der Waals surface area (Å²) in [7, 11) is 0. The van der Waals surface area contributed by atoms with E-state index in [0.29, 0.717) is 17.5 Å². The third kappa shape index (κ3) is 3.48. The smallest absolute Gasteiger partial charge is 0.119 e. The Kier molecular flexibility index (Phi) is 5.08. The van der Waals surface area contributed by atoms with E-state index in [1.165, 1.54) is 0 Å². The highest BCUT2D eigenvalue weighted by Gasteiger charge is 2.16. The standard InChI is InChI=1S/C11H15BrO3/c1-2-15-9-5-3-8(4-6-9)11(14)10(13)7-12/h3-6,10-11,13-14H,2,7H2,1H3. The summed E-state index contributed by atoms with van der Waals surface area (Å²) in [5.41, 5.74) is 0.686. The van der Waals surface area contributed by atoms with Crippen molar-refractivity contribution in [2.24, 2.45) is 0 Å². The van der Waals surface area contributed by atoms with E-state index in [1.807, 2.05) is 6.92 Å². The molecule has 1 rings (SSSR count). The lowest BCUT2D eigenvalue weighted by Gasteiger charge is -2.16. The molecule has 0 fully saturated rings. The molecule has 84 valence electrons. The van der Waals surface area contributed by atoms with Gasteiger partial charge in [0.25, 0.3) is 0 Å². The summed E-state index contributed by atoms with van der Waals surface area (Å²) in [6.45, 7) is 2.53. The molecule has 4 heteroatoms. The van der Waals surface area contributed by atoms with Gasteiger partial charge < -0.3 is 14.9 Å². The lowest BCUT2D eigenvalue weighted by molar-refractivity contribution is 0.0342. The number of aliphatic hydroxyl groups excluding tert-OH is 2. The van der Waals surface area contributed by atoms with Crippen molar-refractivity contribution < 1.29 is 14.9 Å². The zero-order valence-corrected chi connectivity index (χ0v) is 10.1. The van der Waals surface area contributed by atoms with Crippen LogP contribution < -0.4 is 4.74 Å². The van der Waals surface area contributed by atoms with E-state index in [1.54, 1.807) is 24.3 Å². The van der Waals surface area contributed by atoms with Crippen molar-refractivity contribution in [2.45, 2.75) is 19.1 Å². The van der Waals surface area contributed by atoms with Gasteiger partial charge in [0.15, 0.2) is 0 Å². The third-order valence-electron chi connectivity index (χ3n) is 2.06. The van der Waals surface area contributed by atoms with Crippen LogP contribution in [0.1, 0.15) is 18.6 Å². The van der Waals surface area contributed by atoms with Gasteiger partial charge in [-0.05, 0) is 24.6 Å². The summed E-state index contributed by atoms with van der Waals surface area (Å²) in [6, 6.07) is 7.06. The van der Waals surface area contributed by atoms with Gasteiger partial charge in [-0.2, -0.15) is 0 Å². The van der Waals surface area contributed by atoms with Crippen molar-refractivity contribution in [2.75, 3.05) is 11.9 Å². The first-order valence-electron chi connectivity index (χ1n) is 4.84. The summed E-state index contributed by atoms with van der Waals surface area (Å²) >= 11 is 3.12. The quantitative estimate of drug-likeness (QED) is 0.807. The van der Waals surface area contributed by atoms with Crippen LogP contribution >= 0.6 is 15.9 Å². The van der Waals surface area contributed by atoms with Crippen LogP contribution in [-0.2, 0) is 0 Å². The Morgan fingerprint density at radius 2 is 1.87 bits per heavy atom. The highest BCUT2D eigenvalue weighted by atomic mass is 79.9. The van der Waals surface area contributed by atoms with Gasteiger partial charge in [0.1, 0.15) is 11.9 Å². The van der Waals surface area contributed by atoms with Crippen molar-refractivity contribution >= 4 is 15.9 Å². The first kappa shape index (κ1) is 12.5. The molecule has 0 heterocycles. The fourth-order valence-electron chi connectivity index (χ4n) is 1.23. The number of alkyl halides is 1. The second kappa shape index (κ2) is 6.10. The number of hydrogen-bond donors (Lipinski definition) is 2. The number of halogens is 1. The molecule has 2 unspecified atom stereocenters. The predicted octanol–water partition coefficient (Wildman–Crippen LogP) is 1.87. The van der Waals surface area contributed by atoms with Crippen LogP contribution in [0.4, 0.5) is 0 Å². The summed E-state index contributed by atoms with van der Waals surface area (Å²) in [5.74, 6) is 0.766. The SMILES string of the molecule is CCOc1ccc(C(O)C(O)CBr)cc1. The lowest BCUT2D eigenvalue weighted by atomic mass is 10.1. The van der Waals surface area contributed by atoms with Gasteiger partial charge in [-0.3, -0.25) is 0 Å². The van der Waals surface area contributed by atoms with Crippen LogP contribution in [0.15, 0.2) is 24.3 Å². The molecule has 0 aromatic heterocycles. The van der Waals surface area contributed by atoms with Gasteiger partial charge in [-0.1, -0.05) is 28.1 Å². The summed E-state index contributed by atoms with van der Waals surface area (Å²) in [4.78, 5) is 0. The second-order valence-corrected chi connectivity index (χ2v) is 3.82. The first-order valence-corrected chi connectivity index (χ1v) is 5.96. The minimum atomic E-state index is -0.861. The van der Waals surface area contributed by atoms with Crippen molar-refractivity contribution in [3.05, 3.63) is 29.8 Å². The van der Waals surface area contributed by atoms with E-state index >= 15 is 0 Å². The topological polar surface area (TPSA) is 49.7 Å². The maximum Gasteiger partial charge on any atom is 0.119 e. The Hall–Kier alpha value is -0.580. The van der Waals surface area contributed by atoms with Gasteiger partial charge in [-0.15, -0.1) is 0 Å². The van der Waals surface area contributed by atoms with Gasteiger partial charge in [0.05, 0.1) is 12.7 Å². The number of aliphatic hydroxyl groups is 2. The molecule has 3 nitrogen and oxygen atoms in total.